The van der Waals surface area contributed by atoms with Crippen LogP contribution in [0.15, 0.2) is 65.6 Å². The first kappa shape index (κ1) is 19.9. The highest BCUT2D eigenvalue weighted by Gasteiger charge is 2.18. The number of rotatable bonds is 6. The molecule has 0 aliphatic carbocycles. The Morgan fingerprint density at radius 2 is 1.71 bits per heavy atom. The van der Waals surface area contributed by atoms with Crippen molar-refractivity contribution >= 4 is 32.4 Å². The van der Waals surface area contributed by atoms with Crippen molar-refractivity contribution in [2.75, 3.05) is 26.0 Å². The fourth-order valence-corrected chi connectivity index (χ4v) is 3.63. The monoisotopic (exact) mass is 398 g/mol. The number of aryl methyl sites for hydroxylation is 1. The first-order valence-electron chi connectivity index (χ1n) is 8.72. The Morgan fingerprint density at radius 1 is 1.00 bits per heavy atom. The van der Waals surface area contributed by atoms with Crippen LogP contribution in [0.2, 0.25) is 0 Å². The molecule has 0 atom stereocenters. The van der Waals surface area contributed by atoms with Gasteiger partial charge in [0, 0.05) is 19.8 Å². The van der Waals surface area contributed by atoms with E-state index in [9.17, 15) is 13.2 Å². The third kappa shape index (κ3) is 4.32. The lowest BCUT2D eigenvalue weighted by Crippen LogP contribution is -2.23. The summed E-state index contributed by atoms with van der Waals surface area (Å²) < 4.78 is 31.3. The van der Waals surface area contributed by atoms with E-state index >= 15 is 0 Å². The van der Waals surface area contributed by atoms with E-state index in [1.807, 2.05) is 42.5 Å². The third-order valence-electron chi connectivity index (χ3n) is 4.35. The molecule has 0 aliphatic rings. The summed E-state index contributed by atoms with van der Waals surface area (Å²) in [6.07, 6.45) is 0. The molecule has 3 aromatic carbocycles. The van der Waals surface area contributed by atoms with Gasteiger partial charge in [-0.25, -0.2) is 12.7 Å². The van der Waals surface area contributed by atoms with E-state index in [1.54, 1.807) is 13.0 Å². The number of amides is 1. The summed E-state index contributed by atoms with van der Waals surface area (Å²) in [5.41, 5.74) is 1.20. The molecule has 0 saturated heterocycles. The molecule has 0 unspecified atom stereocenters. The van der Waals surface area contributed by atoms with E-state index in [1.165, 1.54) is 26.2 Å². The molecule has 3 rings (SSSR count). The molecule has 0 saturated carbocycles. The second kappa shape index (κ2) is 8.00. The molecule has 0 heterocycles. The summed E-state index contributed by atoms with van der Waals surface area (Å²) in [6.45, 7) is 1.62. The number of sulfonamides is 1. The van der Waals surface area contributed by atoms with Gasteiger partial charge in [-0.2, -0.15) is 0 Å². The first-order valence-corrected chi connectivity index (χ1v) is 10.2. The topological polar surface area (TPSA) is 75.7 Å². The number of carbonyl (C=O) groups is 1. The molecular weight excluding hydrogens is 376 g/mol. The average molecular weight is 398 g/mol. The quantitative estimate of drug-likeness (QED) is 0.690. The Bertz CT molecular complexity index is 1120. The Hall–Kier alpha value is -2.90. The summed E-state index contributed by atoms with van der Waals surface area (Å²) in [7, 11) is -0.651. The SMILES string of the molecule is Cc1ccc(S(=O)(=O)N(C)C)cc1NC(=O)COc1ccc2ccccc2c1. The molecule has 0 fully saturated rings. The number of anilines is 1. The van der Waals surface area contributed by atoms with Gasteiger partial charge >= 0.3 is 0 Å². The number of fused-ring (bicyclic) bond motifs is 1. The predicted molar refractivity (Wildman–Crippen MR) is 110 cm³/mol. The van der Waals surface area contributed by atoms with Gasteiger partial charge in [0.25, 0.3) is 5.91 Å². The van der Waals surface area contributed by atoms with Crippen molar-refractivity contribution in [2.24, 2.45) is 0 Å². The van der Waals surface area contributed by atoms with E-state index in [2.05, 4.69) is 5.32 Å². The molecule has 7 heteroatoms. The van der Waals surface area contributed by atoms with E-state index in [0.717, 1.165) is 20.6 Å². The van der Waals surface area contributed by atoms with Crippen molar-refractivity contribution in [3.63, 3.8) is 0 Å². The lowest BCUT2D eigenvalue weighted by molar-refractivity contribution is -0.118. The van der Waals surface area contributed by atoms with Gasteiger partial charge in [-0.15, -0.1) is 0 Å². The third-order valence-corrected chi connectivity index (χ3v) is 6.16. The maximum Gasteiger partial charge on any atom is 0.262 e. The number of hydrogen-bond acceptors (Lipinski definition) is 4. The second-order valence-corrected chi connectivity index (χ2v) is 8.76. The number of carbonyl (C=O) groups excluding carboxylic acids is 1. The maximum atomic E-state index is 12.3. The lowest BCUT2D eigenvalue weighted by atomic mass is 10.1. The molecule has 0 spiro atoms. The number of hydrogen-bond donors (Lipinski definition) is 1. The van der Waals surface area contributed by atoms with Crippen molar-refractivity contribution in [1.82, 2.24) is 4.31 Å². The molecular formula is C21H22N2O4S. The molecule has 6 nitrogen and oxygen atoms in total. The van der Waals surface area contributed by atoms with E-state index in [-0.39, 0.29) is 17.4 Å². The van der Waals surface area contributed by atoms with Crippen molar-refractivity contribution in [3.05, 3.63) is 66.2 Å². The predicted octanol–water partition coefficient (Wildman–Crippen LogP) is 3.42. The molecule has 0 bridgehead atoms. The fraction of sp³-hybridized carbons (Fsp3) is 0.190. The zero-order chi connectivity index (χ0) is 20.3. The summed E-state index contributed by atoms with van der Waals surface area (Å²) in [5, 5.41) is 4.84. The van der Waals surface area contributed by atoms with Gasteiger partial charge in [0.05, 0.1) is 4.90 Å². The summed E-state index contributed by atoms with van der Waals surface area (Å²) >= 11 is 0. The highest BCUT2D eigenvalue weighted by atomic mass is 32.2. The molecule has 0 aliphatic heterocycles. The van der Waals surface area contributed by atoms with Crippen LogP contribution in [0.1, 0.15) is 5.56 Å². The normalized spacial score (nSPS) is 11.6. The Labute approximate surface area is 164 Å². The van der Waals surface area contributed by atoms with Crippen LogP contribution in [-0.2, 0) is 14.8 Å². The van der Waals surface area contributed by atoms with Crippen LogP contribution < -0.4 is 10.1 Å². The highest BCUT2D eigenvalue weighted by molar-refractivity contribution is 7.89. The van der Waals surface area contributed by atoms with Gasteiger partial charge < -0.3 is 10.1 Å². The maximum absolute atomic E-state index is 12.3. The Morgan fingerprint density at radius 3 is 2.43 bits per heavy atom. The minimum Gasteiger partial charge on any atom is -0.484 e. The molecule has 28 heavy (non-hydrogen) atoms. The zero-order valence-corrected chi connectivity index (χ0v) is 16.8. The minimum atomic E-state index is -3.58. The van der Waals surface area contributed by atoms with Crippen molar-refractivity contribution < 1.29 is 17.9 Å². The zero-order valence-electron chi connectivity index (χ0n) is 16.0. The van der Waals surface area contributed by atoms with Crippen LogP contribution in [0.5, 0.6) is 5.75 Å². The number of benzene rings is 3. The van der Waals surface area contributed by atoms with Gasteiger partial charge in [0.2, 0.25) is 10.0 Å². The second-order valence-electron chi connectivity index (χ2n) is 6.61. The van der Waals surface area contributed by atoms with Crippen LogP contribution in [0.25, 0.3) is 10.8 Å². The van der Waals surface area contributed by atoms with E-state index in [4.69, 9.17) is 4.74 Å². The molecule has 0 radical (unpaired) electrons. The summed E-state index contributed by atoms with van der Waals surface area (Å²) in [5.74, 6) is 0.227. The number of ether oxygens (including phenoxy) is 1. The van der Waals surface area contributed by atoms with Gasteiger partial charge in [-0.3, -0.25) is 4.79 Å². The van der Waals surface area contributed by atoms with Crippen molar-refractivity contribution in [1.29, 1.82) is 0 Å². The lowest BCUT2D eigenvalue weighted by Gasteiger charge is -2.14. The van der Waals surface area contributed by atoms with Crippen LogP contribution in [0.3, 0.4) is 0 Å². The summed E-state index contributed by atoms with van der Waals surface area (Å²) in [4.78, 5) is 12.4. The van der Waals surface area contributed by atoms with Gasteiger partial charge in [0.15, 0.2) is 6.61 Å². The molecule has 0 aromatic heterocycles. The Kier molecular flexibility index (Phi) is 5.67. The number of nitrogens with one attached hydrogen (secondary N) is 1. The highest BCUT2D eigenvalue weighted by Crippen LogP contribution is 2.23. The van der Waals surface area contributed by atoms with Gasteiger partial charge in [-0.05, 0) is 47.5 Å². The minimum absolute atomic E-state index is 0.119. The fourth-order valence-electron chi connectivity index (χ4n) is 2.70. The first-order chi connectivity index (χ1) is 13.3. The average Bonchev–Trinajstić information content (AvgIpc) is 2.67. The van der Waals surface area contributed by atoms with Gasteiger partial charge in [0.1, 0.15) is 5.75 Å². The standard InChI is InChI=1S/C21H22N2O4S/c1-15-8-11-19(28(25,26)23(2)3)13-20(15)22-21(24)14-27-18-10-9-16-6-4-5-7-17(16)12-18/h4-13H,14H2,1-3H3,(H,22,24). The van der Waals surface area contributed by atoms with Crippen molar-refractivity contribution in [2.45, 2.75) is 11.8 Å². The Balaban J connectivity index is 1.70. The molecule has 1 amide bonds. The van der Waals surface area contributed by atoms with Crippen LogP contribution >= 0.6 is 0 Å². The van der Waals surface area contributed by atoms with Crippen molar-refractivity contribution in [3.8, 4) is 5.75 Å². The van der Waals surface area contributed by atoms with E-state index < -0.39 is 10.0 Å². The summed E-state index contributed by atoms with van der Waals surface area (Å²) in [6, 6.07) is 18.1. The smallest absolute Gasteiger partial charge is 0.262 e. The number of nitrogens with zero attached hydrogens (tertiary/aromatic N) is 1. The van der Waals surface area contributed by atoms with E-state index in [0.29, 0.717) is 11.4 Å². The van der Waals surface area contributed by atoms with Crippen LogP contribution in [0.4, 0.5) is 5.69 Å². The largest absolute Gasteiger partial charge is 0.484 e. The molecule has 146 valence electrons. The molecule has 1 N–H and O–H groups in total. The van der Waals surface area contributed by atoms with Crippen LogP contribution in [-0.4, -0.2) is 39.3 Å². The van der Waals surface area contributed by atoms with Gasteiger partial charge in [-0.1, -0.05) is 36.4 Å². The van der Waals surface area contributed by atoms with Crippen LogP contribution in [0, 0.1) is 6.92 Å². The molecule has 3 aromatic rings.